The number of amides is 2. The molecule has 0 spiro atoms. The van der Waals surface area contributed by atoms with Gasteiger partial charge in [-0.25, -0.2) is 0 Å². The van der Waals surface area contributed by atoms with E-state index in [1.807, 2.05) is 23.6 Å². The van der Waals surface area contributed by atoms with Gasteiger partial charge in [0.05, 0.1) is 11.8 Å². The lowest BCUT2D eigenvalue weighted by Gasteiger charge is -2.35. The molecule has 0 saturated carbocycles. The van der Waals surface area contributed by atoms with Crippen molar-refractivity contribution in [2.45, 2.75) is 46.0 Å². The Morgan fingerprint density at radius 1 is 1.00 bits per heavy atom. The summed E-state index contributed by atoms with van der Waals surface area (Å²) in [5, 5.41) is 0. The minimum atomic E-state index is -0.163. The molecule has 1 aliphatic heterocycles. The van der Waals surface area contributed by atoms with E-state index in [9.17, 15) is 9.59 Å². The van der Waals surface area contributed by atoms with Gasteiger partial charge in [0, 0.05) is 26.2 Å². The minimum absolute atomic E-state index is 0.152. The van der Waals surface area contributed by atoms with Crippen molar-refractivity contribution in [2.24, 2.45) is 11.8 Å². The zero-order valence-corrected chi connectivity index (χ0v) is 13.4. The fourth-order valence-electron chi connectivity index (χ4n) is 3.48. The van der Waals surface area contributed by atoms with Crippen LogP contribution < -0.4 is 0 Å². The molecule has 1 fully saturated rings. The lowest BCUT2D eigenvalue weighted by Crippen LogP contribution is -2.47. The summed E-state index contributed by atoms with van der Waals surface area (Å²) < 4.78 is 0. The van der Waals surface area contributed by atoms with Gasteiger partial charge >= 0.3 is 0 Å². The van der Waals surface area contributed by atoms with Crippen molar-refractivity contribution in [1.82, 2.24) is 9.80 Å². The Balaban J connectivity index is 2.09. The number of hydrogen-bond acceptors (Lipinski definition) is 2. The van der Waals surface area contributed by atoms with Gasteiger partial charge in [-0.3, -0.25) is 9.59 Å². The lowest BCUT2D eigenvalue weighted by molar-refractivity contribution is -0.146. The molecule has 2 unspecified atom stereocenters. The molecule has 0 aromatic heterocycles. The van der Waals surface area contributed by atoms with E-state index in [1.165, 1.54) is 6.42 Å². The number of carbonyl (C=O) groups is 2. The van der Waals surface area contributed by atoms with E-state index in [-0.39, 0.29) is 23.7 Å². The predicted octanol–water partition coefficient (Wildman–Crippen LogP) is 2.45. The molecule has 2 atom stereocenters. The number of carbonyl (C=O) groups excluding carboxylic acids is 2. The zero-order valence-electron chi connectivity index (χ0n) is 13.4. The number of nitrogens with zero attached hydrogens (tertiary/aromatic N) is 2. The first-order valence-electron chi connectivity index (χ1n) is 8.41. The second-order valence-corrected chi connectivity index (χ2v) is 6.05. The fraction of sp³-hybridized carbons (Fsp3) is 0.765. The first-order valence-corrected chi connectivity index (χ1v) is 8.41. The van der Waals surface area contributed by atoms with E-state index in [1.54, 1.807) is 0 Å². The summed E-state index contributed by atoms with van der Waals surface area (Å²) in [5.41, 5.74) is 0. The molecule has 0 radical (unpaired) electrons. The summed E-state index contributed by atoms with van der Waals surface area (Å²) >= 11 is 0. The van der Waals surface area contributed by atoms with Crippen molar-refractivity contribution in [1.29, 1.82) is 0 Å². The zero-order chi connectivity index (χ0) is 15.2. The SMILES string of the molecule is CCN(CC)C(=O)C1CC=CCC1C(=O)N1CCCCC1. The van der Waals surface area contributed by atoms with E-state index in [0.29, 0.717) is 12.8 Å². The Hall–Kier alpha value is -1.32. The molecule has 4 heteroatoms. The number of allylic oxidation sites excluding steroid dienone is 2. The van der Waals surface area contributed by atoms with Gasteiger partial charge in [-0.15, -0.1) is 0 Å². The third-order valence-corrected chi connectivity index (χ3v) is 4.81. The van der Waals surface area contributed by atoms with E-state index < -0.39 is 0 Å². The highest BCUT2D eigenvalue weighted by Crippen LogP contribution is 2.30. The average Bonchev–Trinajstić information content (AvgIpc) is 2.56. The summed E-state index contributed by atoms with van der Waals surface area (Å²) in [7, 11) is 0. The van der Waals surface area contributed by atoms with Gasteiger partial charge in [0.1, 0.15) is 0 Å². The van der Waals surface area contributed by atoms with Gasteiger partial charge in [0.25, 0.3) is 0 Å². The maximum absolute atomic E-state index is 12.8. The minimum Gasteiger partial charge on any atom is -0.343 e. The molecule has 2 aliphatic rings. The number of piperidine rings is 1. The molecule has 2 amide bonds. The van der Waals surface area contributed by atoms with Crippen molar-refractivity contribution in [3.63, 3.8) is 0 Å². The quantitative estimate of drug-likeness (QED) is 0.747. The maximum Gasteiger partial charge on any atom is 0.226 e. The molecular weight excluding hydrogens is 264 g/mol. The van der Waals surface area contributed by atoms with Gasteiger partial charge in [-0.2, -0.15) is 0 Å². The van der Waals surface area contributed by atoms with E-state index in [2.05, 4.69) is 12.2 Å². The highest BCUT2D eigenvalue weighted by molar-refractivity contribution is 5.88. The van der Waals surface area contributed by atoms with Crippen LogP contribution in [0, 0.1) is 11.8 Å². The molecule has 1 heterocycles. The highest BCUT2D eigenvalue weighted by atomic mass is 16.2. The van der Waals surface area contributed by atoms with Crippen LogP contribution in [0.2, 0.25) is 0 Å². The topological polar surface area (TPSA) is 40.6 Å². The number of likely N-dealkylation sites (tertiary alicyclic amines) is 1. The van der Waals surface area contributed by atoms with Crippen LogP contribution in [-0.4, -0.2) is 47.8 Å². The molecule has 4 nitrogen and oxygen atoms in total. The lowest BCUT2D eigenvalue weighted by atomic mass is 9.80. The van der Waals surface area contributed by atoms with Gasteiger partial charge in [0.2, 0.25) is 11.8 Å². The first-order chi connectivity index (χ1) is 10.2. The van der Waals surface area contributed by atoms with Gasteiger partial charge < -0.3 is 9.80 Å². The standard InChI is InChI=1S/C17H28N2O2/c1-3-18(4-2)16(20)14-10-6-7-11-15(14)17(21)19-12-8-5-9-13-19/h6-7,14-15H,3-5,8-13H2,1-2H3. The van der Waals surface area contributed by atoms with E-state index in [0.717, 1.165) is 39.0 Å². The molecule has 0 aromatic carbocycles. The smallest absolute Gasteiger partial charge is 0.226 e. The van der Waals surface area contributed by atoms with Crippen LogP contribution in [0.1, 0.15) is 46.0 Å². The third kappa shape index (κ3) is 3.66. The molecule has 0 aromatic rings. The van der Waals surface area contributed by atoms with E-state index >= 15 is 0 Å². The summed E-state index contributed by atoms with van der Waals surface area (Å²) in [4.78, 5) is 29.3. The van der Waals surface area contributed by atoms with Crippen LogP contribution >= 0.6 is 0 Å². The van der Waals surface area contributed by atoms with Crippen molar-refractivity contribution in [3.8, 4) is 0 Å². The largest absolute Gasteiger partial charge is 0.343 e. The summed E-state index contributed by atoms with van der Waals surface area (Å²) in [6.07, 6.45) is 8.97. The fourth-order valence-corrected chi connectivity index (χ4v) is 3.48. The van der Waals surface area contributed by atoms with Crippen molar-refractivity contribution in [3.05, 3.63) is 12.2 Å². The molecule has 1 aliphatic carbocycles. The second-order valence-electron chi connectivity index (χ2n) is 6.05. The maximum atomic E-state index is 12.8. The van der Waals surface area contributed by atoms with Crippen LogP contribution in [0.15, 0.2) is 12.2 Å². The van der Waals surface area contributed by atoms with Crippen LogP contribution in [0.3, 0.4) is 0 Å². The van der Waals surface area contributed by atoms with Crippen molar-refractivity contribution < 1.29 is 9.59 Å². The molecule has 1 saturated heterocycles. The normalized spacial score (nSPS) is 25.7. The van der Waals surface area contributed by atoms with Crippen LogP contribution in [0.25, 0.3) is 0 Å². The predicted molar refractivity (Wildman–Crippen MR) is 83.7 cm³/mol. The Kier molecular flexibility index (Phi) is 5.83. The highest BCUT2D eigenvalue weighted by Gasteiger charge is 2.37. The van der Waals surface area contributed by atoms with Crippen molar-refractivity contribution >= 4 is 11.8 Å². The Labute approximate surface area is 128 Å². The Morgan fingerprint density at radius 2 is 1.57 bits per heavy atom. The monoisotopic (exact) mass is 292 g/mol. The summed E-state index contributed by atoms with van der Waals surface area (Å²) in [6, 6.07) is 0. The first kappa shape index (κ1) is 16.1. The van der Waals surface area contributed by atoms with Crippen molar-refractivity contribution in [2.75, 3.05) is 26.2 Å². The van der Waals surface area contributed by atoms with E-state index in [4.69, 9.17) is 0 Å². The average molecular weight is 292 g/mol. The molecular formula is C17H28N2O2. The molecule has 21 heavy (non-hydrogen) atoms. The molecule has 2 rings (SSSR count). The Morgan fingerprint density at radius 3 is 2.14 bits per heavy atom. The number of hydrogen-bond donors (Lipinski definition) is 0. The molecule has 0 bridgehead atoms. The summed E-state index contributed by atoms with van der Waals surface area (Å²) in [6.45, 7) is 7.18. The van der Waals surface area contributed by atoms with Crippen LogP contribution in [-0.2, 0) is 9.59 Å². The molecule has 118 valence electrons. The molecule has 0 N–H and O–H groups in total. The third-order valence-electron chi connectivity index (χ3n) is 4.81. The van der Waals surface area contributed by atoms with Gasteiger partial charge in [-0.1, -0.05) is 12.2 Å². The van der Waals surface area contributed by atoms with Gasteiger partial charge in [0.15, 0.2) is 0 Å². The second kappa shape index (κ2) is 7.62. The van der Waals surface area contributed by atoms with Crippen LogP contribution in [0.5, 0.6) is 0 Å². The summed E-state index contributed by atoms with van der Waals surface area (Å²) in [5.74, 6) is 0.0368. The van der Waals surface area contributed by atoms with Crippen LogP contribution in [0.4, 0.5) is 0 Å². The number of rotatable bonds is 4. The van der Waals surface area contributed by atoms with Gasteiger partial charge in [-0.05, 0) is 46.0 Å². The Bertz CT molecular complexity index is 396.